The number of hydrogen-bond donors (Lipinski definition) is 0. The quantitative estimate of drug-likeness (QED) is 0.809. The van der Waals surface area contributed by atoms with Gasteiger partial charge in [-0.2, -0.15) is 0 Å². The smallest absolute Gasteiger partial charge is 0.254 e. The van der Waals surface area contributed by atoms with Gasteiger partial charge in [0.05, 0.1) is 5.56 Å². The van der Waals surface area contributed by atoms with Crippen LogP contribution in [0.25, 0.3) is 0 Å². The number of nitrogens with zero attached hydrogens (tertiary/aromatic N) is 2. The van der Waals surface area contributed by atoms with E-state index >= 15 is 0 Å². The Morgan fingerprint density at radius 1 is 0.840 bits per heavy atom. The molecule has 130 valence electrons. The fraction of sp³-hybridized carbons (Fsp3) is 0.333. The molecule has 1 saturated heterocycles. The van der Waals surface area contributed by atoms with Crippen LogP contribution >= 0.6 is 0 Å². The zero-order valence-electron chi connectivity index (χ0n) is 15.1. The number of piperazine rings is 1. The van der Waals surface area contributed by atoms with Gasteiger partial charge < -0.3 is 9.80 Å². The van der Waals surface area contributed by atoms with Crippen molar-refractivity contribution in [3.05, 3.63) is 70.3 Å². The van der Waals surface area contributed by atoms with E-state index in [2.05, 4.69) is 11.9 Å². The summed E-state index contributed by atoms with van der Waals surface area (Å²) in [7, 11) is 2.05. The van der Waals surface area contributed by atoms with Crippen LogP contribution < -0.4 is 0 Å². The number of likely N-dealkylation sites (N-methyl/N-ethyl adjacent to an activating group) is 1. The van der Waals surface area contributed by atoms with Crippen LogP contribution in [0.5, 0.6) is 0 Å². The number of carbonyl (C=O) groups excluding carboxylic acids is 2. The van der Waals surface area contributed by atoms with E-state index in [0.717, 1.165) is 24.2 Å². The van der Waals surface area contributed by atoms with Gasteiger partial charge in [0.15, 0.2) is 5.78 Å². The van der Waals surface area contributed by atoms with Gasteiger partial charge in [0.25, 0.3) is 5.91 Å². The molecule has 0 bridgehead atoms. The molecule has 0 aromatic heterocycles. The first-order valence-corrected chi connectivity index (χ1v) is 8.66. The molecule has 0 radical (unpaired) electrons. The predicted molar refractivity (Wildman–Crippen MR) is 99.2 cm³/mol. The van der Waals surface area contributed by atoms with Crippen molar-refractivity contribution in [3.63, 3.8) is 0 Å². The van der Waals surface area contributed by atoms with E-state index in [1.807, 2.05) is 49.1 Å². The molecule has 2 aromatic carbocycles. The maximum atomic E-state index is 13.0. The van der Waals surface area contributed by atoms with Gasteiger partial charge in [-0.3, -0.25) is 9.59 Å². The molecule has 1 aliphatic heterocycles. The van der Waals surface area contributed by atoms with E-state index in [0.29, 0.717) is 29.8 Å². The predicted octanol–water partition coefficient (Wildman–Crippen LogP) is 2.92. The van der Waals surface area contributed by atoms with Crippen LogP contribution in [0.15, 0.2) is 42.5 Å². The molecule has 3 rings (SSSR count). The summed E-state index contributed by atoms with van der Waals surface area (Å²) < 4.78 is 0. The molecule has 0 spiro atoms. The summed E-state index contributed by atoms with van der Waals surface area (Å²) in [5.41, 5.74) is 3.83. The number of amides is 1. The van der Waals surface area contributed by atoms with E-state index in [4.69, 9.17) is 0 Å². The van der Waals surface area contributed by atoms with Crippen molar-refractivity contribution in [1.82, 2.24) is 9.80 Å². The highest BCUT2D eigenvalue weighted by atomic mass is 16.2. The SMILES string of the molecule is Cc1ccc(C(=O)c2ccccc2C(=O)N2CCN(C)CC2)cc1C. The highest BCUT2D eigenvalue weighted by Gasteiger charge is 2.24. The Balaban J connectivity index is 1.91. The van der Waals surface area contributed by atoms with E-state index < -0.39 is 0 Å². The van der Waals surface area contributed by atoms with Crippen molar-refractivity contribution in [3.8, 4) is 0 Å². The number of hydrogen-bond acceptors (Lipinski definition) is 3. The van der Waals surface area contributed by atoms with E-state index in [-0.39, 0.29) is 11.7 Å². The summed E-state index contributed by atoms with van der Waals surface area (Å²) in [5, 5.41) is 0. The van der Waals surface area contributed by atoms with Gasteiger partial charge in [-0.25, -0.2) is 0 Å². The van der Waals surface area contributed by atoms with Crippen LogP contribution in [0.2, 0.25) is 0 Å². The average Bonchev–Trinajstić information content (AvgIpc) is 2.63. The highest BCUT2D eigenvalue weighted by molar-refractivity contribution is 6.15. The van der Waals surface area contributed by atoms with Crippen LogP contribution in [0.3, 0.4) is 0 Å². The Morgan fingerprint density at radius 3 is 2.12 bits per heavy atom. The van der Waals surface area contributed by atoms with Gasteiger partial charge in [0.2, 0.25) is 0 Å². The van der Waals surface area contributed by atoms with Crippen molar-refractivity contribution >= 4 is 11.7 Å². The third kappa shape index (κ3) is 3.64. The number of aryl methyl sites for hydroxylation is 2. The van der Waals surface area contributed by atoms with Gasteiger partial charge >= 0.3 is 0 Å². The zero-order valence-corrected chi connectivity index (χ0v) is 15.1. The van der Waals surface area contributed by atoms with Crippen molar-refractivity contribution in [2.75, 3.05) is 33.2 Å². The van der Waals surface area contributed by atoms with Crippen LogP contribution in [-0.2, 0) is 0 Å². The number of ketones is 1. The summed E-state index contributed by atoms with van der Waals surface area (Å²) in [6.07, 6.45) is 0. The van der Waals surface area contributed by atoms with Gasteiger partial charge in [-0.05, 0) is 44.2 Å². The maximum absolute atomic E-state index is 13.0. The molecule has 1 heterocycles. The zero-order chi connectivity index (χ0) is 18.0. The lowest BCUT2D eigenvalue weighted by Crippen LogP contribution is -2.47. The molecule has 0 aliphatic carbocycles. The summed E-state index contributed by atoms with van der Waals surface area (Å²) in [5.74, 6) is -0.151. The fourth-order valence-electron chi connectivity index (χ4n) is 3.09. The molecule has 1 amide bonds. The van der Waals surface area contributed by atoms with E-state index in [1.54, 1.807) is 12.1 Å². The first-order chi connectivity index (χ1) is 12.0. The minimum atomic E-state index is -0.0961. The van der Waals surface area contributed by atoms with Crippen LogP contribution in [0, 0.1) is 13.8 Å². The second-order valence-corrected chi connectivity index (χ2v) is 6.77. The van der Waals surface area contributed by atoms with Gasteiger partial charge in [-0.15, -0.1) is 0 Å². The molecule has 25 heavy (non-hydrogen) atoms. The monoisotopic (exact) mass is 336 g/mol. The Labute approximate surface area is 149 Å². The minimum Gasteiger partial charge on any atom is -0.336 e. The molecular formula is C21H24N2O2. The topological polar surface area (TPSA) is 40.6 Å². The van der Waals surface area contributed by atoms with Crippen molar-refractivity contribution in [2.45, 2.75) is 13.8 Å². The summed E-state index contributed by atoms with van der Waals surface area (Å²) in [4.78, 5) is 30.0. The first-order valence-electron chi connectivity index (χ1n) is 8.66. The lowest BCUT2D eigenvalue weighted by atomic mass is 9.95. The molecule has 0 saturated carbocycles. The van der Waals surface area contributed by atoms with Crippen molar-refractivity contribution in [2.24, 2.45) is 0 Å². The molecule has 4 heteroatoms. The maximum Gasteiger partial charge on any atom is 0.254 e. The molecule has 1 aliphatic rings. The van der Waals surface area contributed by atoms with Crippen LogP contribution in [0.1, 0.15) is 37.4 Å². The molecule has 0 atom stereocenters. The average molecular weight is 336 g/mol. The number of rotatable bonds is 3. The van der Waals surface area contributed by atoms with Crippen molar-refractivity contribution < 1.29 is 9.59 Å². The largest absolute Gasteiger partial charge is 0.336 e. The summed E-state index contributed by atoms with van der Waals surface area (Å²) >= 11 is 0. The Kier molecular flexibility index (Phi) is 5.00. The fourth-order valence-corrected chi connectivity index (χ4v) is 3.09. The normalized spacial score (nSPS) is 15.2. The second-order valence-electron chi connectivity index (χ2n) is 6.77. The Morgan fingerprint density at radius 2 is 1.48 bits per heavy atom. The lowest BCUT2D eigenvalue weighted by molar-refractivity contribution is 0.0661. The molecule has 0 unspecified atom stereocenters. The molecular weight excluding hydrogens is 312 g/mol. The van der Waals surface area contributed by atoms with E-state index in [1.165, 1.54) is 0 Å². The number of benzene rings is 2. The number of carbonyl (C=O) groups is 2. The standard InChI is InChI=1S/C21H24N2O2/c1-15-8-9-17(14-16(15)2)20(24)18-6-4-5-7-19(18)21(25)23-12-10-22(3)11-13-23/h4-9,14H,10-13H2,1-3H3. The highest BCUT2D eigenvalue weighted by Crippen LogP contribution is 2.19. The van der Waals surface area contributed by atoms with E-state index in [9.17, 15) is 9.59 Å². The van der Waals surface area contributed by atoms with Crippen molar-refractivity contribution in [1.29, 1.82) is 0 Å². The Bertz CT molecular complexity index is 805. The minimum absolute atomic E-state index is 0.0547. The lowest BCUT2D eigenvalue weighted by Gasteiger charge is -2.32. The second kappa shape index (κ2) is 7.19. The first kappa shape index (κ1) is 17.4. The third-order valence-electron chi connectivity index (χ3n) is 4.96. The molecule has 4 nitrogen and oxygen atoms in total. The van der Waals surface area contributed by atoms with Gasteiger partial charge in [0, 0.05) is 37.3 Å². The molecule has 2 aromatic rings. The molecule has 1 fully saturated rings. The van der Waals surface area contributed by atoms with Gasteiger partial charge in [-0.1, -0.05) is 30.3 Å². The summed E-state index contributed by atoms with van der Waals surface area (Å²) in [6.45, 7) is 7.13. The molecule has 0 N–H and O–H groups in total. The van der Waals surface area contributed by atoms with Crippen LogP contribution in [0.4, 0.5) is 0 Å². The third-order valence-corrected chi connectivity index (χ3v) is 4.96. The van der Waals surface area contributed by atoms with Gasteiger partial charge in [0.1, 0.15) is 0 Å². The van der Waals surface area contributed by atoms with Crippen LogP contribution in [-0.4, -0.2) is 54.7 Å². The summed E-state index contributed by atoms with van der Waals surface area (Å²) in [6, 6.07) is 12.8. The Hall–Kier alpha value is -2.46.